The summed E-state index contributed by atoms with van der Waals surface area (Å²) in [5, 5.41) is 0. The largest absolute Gasteiger partial charge is 0.392 e. The topological polar surface area (TPSA) is 43.4 Å². The Morgan fingerprint density at radius 2 is 2.10 bits per heavy atom. The van der Waals surface area contributed by atoms with Gasteiger partial charge in [0.15, 0.2) is 5.92 Å². The summed E-state index contributed by atoms with van der Waals surface area (Å²) >= 11 is 0. The van der Waals surface area contributed by atoms with Crippen LogP contribution in [0.1, 0.15) is 12.8 Å². The molecule has 0 saturated carbocycles. The van der Waals surface area contributed by atoms with Crippen LogP contribution < -0.4 is 0 Å². The number of allylic oxidation sites excluding steroid dienone is 1. The van der Waals surface area contributed by atoms with Gasteiger partial charge in [-0.05, 0) is 12.8 Å². The summed E-state index contributed by atoms with van der Waals surface area (Å²) in [5.74, 6) is -1.29. The third-order valence-corrected chi connectivity index (χ3v) is 1.43. The number of carbonyl (C=O) groups is 2. The van der Waals surface area contributed by atoms with Gasteiger partial charge in [0.25, 0.3) is 0 Å². The second-order valence-electron chi connectivity index (χ2n) is 2.16. The van der Waals surface area contributed by atoms with E-state index in [2.05, 4.69) is 11.3 Å². The molecule has 1 saturated heterocycles. The van der Waals surface area contributed by atoms with Gasteiger partial charge in [0, 0.05) is 0 Å². The van der Waals surface area contributed by atoms with E-state index in [4.69, 9.17) is 0 Å². The van der Waals surface area contributed by atoms with E-state index in [9.17, 15) is 9.59 Å². The molecule has 0 N–H and O–H groups in total. The summed E-state index contributed by atoms with van der Waals surface area (Å²) in [7, 11) is 0. The van der Waals surface area contributed by atoms with Gasteiger partial charge in [-0.2, -0.15) is 0 Å². The van der Waals surface area contributed by atoms with Gasteiger partial charge in [-0.1, -0.05) is 6.08 Å². The number of carbonyl (C=O) groups excluding carboxylic acids is 2. The van der Waals surface area contributed by atoms with Crippen LogP contribution in [0.2, 0.25) is 0 Å². The minimum Gasteiger partial charge on any atom is -0.392 e. The fourth-order valence-corrected chi connectivity index (χ4v) is 0.800. The average Bonchev–Trinajstić information content (AvgIpc) is 1.89. The van der Waals surface area contributed by atoms with Gasteiger partial charge in [0.2, 0.25) is 0 Å². The Morgan fingerprint density at radius 3 is 2.50 bits per heavy atom. The Balaban J connectivity index is 2.33. The number of hydrogen-bond acceptors (Lipinski definition) is 3. The van der Waals surface area contributed by atoms with Gasteiger partial charge in [-0.3, -0.25) is 9.59 Å². The van der Waals surface area contributed by atoms with E-state index >= 15 is 0 Å². The molecule has 0 aliphatic carbocycles. The highest BCUT2D eigenvalue weighted by Gasteiger charge is 2.40. The second-order valence-corrected chi connectivity index (χ2v) is 2.16. The van der Waals surface area contributed by atoms with E-state index in [1.54, 1.807) is 6.08 Å². The Labute approximate surface area is 58.7 Å². The lowest BCUT2D eigenvalue weighted by molar-refractivity contribution is -0.184. The van der Waals surface area contributed by atoms with E-state index in [-0.39, 0.29) is 0 Å². The molecular weight excluding hydrogens is 132 g/mol. The Hall–Kier alpha value is -1.12. The van der Waals surface area contributed by atoms with Crippen molar-refractivity contribution < 1.29 is 14.3 Å². The summed E-state index contributed by atoms with van der Waals surface area (Å²) in [4.78, 5) is 20.9. The summed E-state index contributed by atoms with van der Waals surface area (Å²) in [6, 6.07) is 0. The smallest absolute Gasteiger partial charge is 0.328 e. The van der Waals surface area contributed by atoms with E-state index < -0.39 is 17.9 Å². The standard InChI is InChI=1S/C7H8O3/c1-2-3-4-5-6(8)10-7(5)9/h2,5H,1,3-4H2. The Bertz CT molecular complexity index is 169. The highest BCUT2D eigenvalue weighted by Crippen LogP contribution is 2.19. The van der Waals surface area contributed by atoms with Crippen LogP contribution in [0.25, 0.3) is 0 Å². The molecule has 0 radical (unpaired) electrons. The molecule has 1 fully saturated rings. The molecule has 0 bridgehead atoms. The molecule has 0 aromatic heterocycles. The van der Waals surface area contributed by atoms with Gasteiger partial charge in [0.05, 0.1) is 0 Å². The van der Waals surface area contributed by atoms with Crippen molar-refractivity contribution in [3.8, 4) is 0 Å². The maximum atomic E-state index is 10.5. The van der Waals surface area contributed by atoms with Gasteiger partial charge >= 0.3 is 11.9 Å². The zero-order valence-electron chi connectivity index (χ0n) is 5.50. The first-order chi connectivity index (χ1) is 4.75. The maximum absolute atomic E-state index is 10.5. The number of rotatable bonds is 3. The van der Waals surface area contributed by atoms with Crippen molar-refractivity contribution in [3.63, 3.8) is 0 Å². The molecule has 54 valence electrons. The molecular formula is C7H8O3. The van der Waals surface area contributed by atoms with Gasteiger partial charge < -0.3 is 4.74 Å². The number of esters is 2. The van der Waals surface area contributed by atoms with E-state index in [1.807, 2.05) is 0 Å². The zero-order valence-corrected chi connectivity index (χ0v) is 5.50. The van der Waals surface area contributed by atoms with Crippen molar-refractivity contribution in [2.45, 2.75) is 12.8 Å². The molecule has 1 aliphatic rings. The molecule has 1 rings (SSSR count). The van der Waals surface area contributed by atoms with Gasteiger partial charge in [-0.25, -0.2) is 0 Å². The van der Waals surface area contributed by atoms with Crippen molar-refractivity contribution in [3.05, 3.63) is 12.7 Å². The lowest BCUT2D eigenvalue weighted by atomic mass is 10.0. The van der Waals surface area contributed by atoms with Crippen LogP contribution >= 0.6 is 0 Å². The molecule has 3 heteroatoms. The van der Waals surface area contributed by atoms with Crippen LogP contribution in [-0.4, -0.2) is 11.9 Å². The fourth-order valence-electron chi connectivity index (χ4n) is 0.800. The fraction of sp³-hybridized carbons (Fsp3) is 0.429. The van der Waals surface area contributed by atoms with E-state index in [0.29, 0.717) is 12.8 Å². The number of ether oxygens (including phenoxy) is 1. The maximum Gasteiger partial charge on any atom is 0.328 e. The van der Waals surface area contributed by atoms with E-state index in [1.165, 1.54) is 0 Å². The lowest BCUT2D eigenvalue weighted by Gasteiger charge is -2.20. The molecule has 1 aliphatic heterocycles. The quantitative estimate of drug-likeness (QED) is 0.328. The molecule has 0 aromatic carbocycles. The van der Waals surface area contributed by atoms with Crippen LogP contribution in [0.4, 0.5) is 0 Å². The Kier molecular flexibility index (Phi) is 1.85. The zero-order chi connectivity index (χ0) is 7.56. The first-order valence-corrected chi connectivity index (χ1v) is 3.12. The highest BCUT2D eigenvalue weighted by molar-refractivity contribution is 6.09. The predicted molar refractivity (Wildman–Crippen MR) is 34.0 cm³/mol. The average molecular weight is 140 g/mol. The molecule has 0 aromatic rings. The van der Waals surface area contributed by atoms with E-state index in [0.717, 1.165) is 0 Å². The molecule has 10 heavy (non-hydrogen) atoms. The van der Waals surface area contributed by atoms with Crippen LogP contribution in [-0.2, 0) is 14.3 Å². The minimum atomic E-state index is -0.502. The van der Waals surface area contributed by atoms with Gasteiger partial charge in [-0.15, -0.1) is 6.58 Å². The van der Waals surface area contributed by atoms with Gasteiger partial charge in [0.1, 0.15) is 0 Å². The summed E-state index contributed by atoms with van der Waals surface area (Å²) < 4.78 is 4.14. The first-order valence-electron chi connectivity index (χ1n) is 3.12. The van der Waals surface area contributed by atoms with Crippen LogP contribution in [0.3, 0.4) is 0 Å². The van der Waals surface area contributed by atoms with Crippen LogP contribution in [0.15, 0.2) is 12.7 Å². The van der Waals surface area contributed by atoms with Crippen molar-refractivity contribution in [1.82, 2.24) is 0 Å². The van der Waals surface area contributed by atoms with Crippen LogP contribution in [0, 0.1) is 5.92 Å². The van der Waals surface area contributed by atoms with Crippen molar-refractivity contribution in [1.29, 1.82) is 0 Å². The minimum absolute atomic E-state index is 0.396. The third kappa shape index (κ3) is 1.07. The molecule has 0 amide bonds. The van der Waals surface area contributed by atoms with Crippen molar-refractivity contribution >= 4 is 11.9 Å². The second kappa shape index (κ2) is 2.64. The first kappa shape index (κ1) is 6.99. The highest BCUT2D eigenvalue weighted by atomic mass is 16.6. The lowest BCUT2D eigenvalue weighted by Crippen LogP contribution is -2.40. The SMILES string of the molecule is C=CCCC1C(=O)OC1=O. The molecule has 0 spiro atoms. The summed E-state index contributed by atoms with van der Waals surface area (Å²) in [6.07, 6.45) is 2.91. The third-order valence-electron chi connectivity index (χ3n) is 1.43. The van der Waals surface area contributed by atoms with Crippen molar-refractivity contribution in [2.24, 2.45) is 5.92 Å². The number of hydrogen-bond donors (Lipinski definition) is 0. The number of cyclic esters (lactones) is 2. The summed E-state index contributed by atoms with van der Waals surface area (Å²) in [6.45, 7) is 3.48. The predicted octanol–water partition coefficient (Wildman–Crippen LogP) is 0.652. The summed E-state index contributed by atoms with van der Waals surface area (Å²) in [5.41, 5.74) is 0. The normalized spacial score (nSPS) is 18.0. The molecule has 1 heterocycles. The molecule has 0 unspecified atom stereocenters. The van der Waals surface area contributed by atoms with Crippen molar-refractivity contribution in [2.75, 3.05) is 0 Å². The monoisotopic (exact) mass is 140 g/mol. The van der Waals surface area contributed by atoms with Crippen LogP contribution in [0.5, 0.6) is 0 Å². The molecule has 0 atom stereocenters. The molecule has 3 nitrogen and oxygen atoms in total. The Morgan fingerprint density at radius 1 is 1.50 bits per heavy atom.